The number of aryl methyl sites for hydroxylation is 1. The van der Waals surface area contributed by atoms with Gasteiger partial charge in [0, 0.05) is 0 Å². The molecule has 0 saturated heterocycles. The van der Waals surface area contributed by atoms with Crippen molar-refractivity contribution in [3.8, 4) is 5.75 Å². The van der Waals surface area contributed by atoms with Crippen molar-refractivity contribution in [2.75, 3.05) is 6.61 Å². The second-order valence-corrected chi connectivity index (χ2v) is 5.68. The zero-order chi connectivity index (χ0) is 14.7. The number of para-hydroxylation sites is 1. The predicted molar refractivity (Wildman–Crippen MR) is 84.7 cm³/mol. The molecule has 110 valence electrons. The van der Waals surface area contributed by atoms with Crippen LogP contribution in [0, 0.1) is 0 Å². The summed E-state index contributed by atoms with van der Waals surface area (Å²) in [7, 11) is 0. The Hall–Kier alpha value is -1.80. The van der Waals surface area contributed by atoms with E-state index in [-0.39, 0.29) is 0 Å². The van der Waals surface area contributed by atoms with E-state index in [1.165, 1.54) is 11.1 Å². The van der Waals surface area contributed by atoms with Crippen LogP contribution in [0.2, 0.25) is 0 Å². The summed E-state index contributed by atoms with van der Waals surface area (Å²) in [5.74, 6) is 1.35. The third-order valence-corrected chi connectivity index (χ3v) is 4.39. The van der Waals surface area contributed by atoms with Gasteiger partial charge >= 0.3 is 0 Å². The van der Waals surface area contributed by atoms with E-state index in [4.69, 9.17) is 4.74 Å². The molecule has 0 spiro atoms. The smallest absolute Gasteiger partial charge is 0.122 e. The lowest BCUT2D eigenvalue weighted by molar-refractivity contribution is 0.144. The average Bonchev–Trinajstić information content (AvgIpc) is 2.55. The molecule has 1 aliphatic heterocycles. The predicted octanol–water partition coefficient (Wildman–Crippen LogP) is 4.24. The first kappa shape index (κ1) is 14.2. The van der Waals surface area contributed by atoms with Gasteiger partial charge in [-0.15, -0.1) is 0 Å². The van der Waals surface area contributed by atoms with Gasteiger partial charge in [-0.2, -0.15) is 0 Å². The molecule has 2 nitrogen and oxygen atoms in total. The summed E-state index contributed by atoms with van der Waals surface area (Å²) in [4.78, 5) is 0. The lowest BCUT2D eigenvalue weighted by atomic mass is 9.85. The van der Waals surface area contributed by atoms with Crippen LogP contribution in [0.1, 0.15) is 48.5 Å². The highest BCUT2D eigenvalue weighted by Gasteiger charge is 2.24. The normalized spacial score (nSPS) is 18.7. The molecule has 2 unspecified atom stereocenters. The van der Waals surface area contributed by atoms with E-state index in [0.717, 1.165) is 37.2 Å². The van der Waals surface area contributed by atoms with Crippen LogP contribution in [0.25, 0.3) is 0 Å². The third kappa shape index (κ3) is 2.96. The SMILES string of the molecule is CCc1ccccc1C(O)CC1CCOc2ccccc21. The van der Waals surface area contributed by atoms with Gasteiger partial charge in [0.15, 0.2) is 0 Å². The van der Waals surface area contributed by atoms with Crippen LogP contribution in [0.3, 0.4) is 0 Å². The molecule has 0 fully saturated rings. The number of fused-ring (bicyclic) bond motifs is 1. The summed E-state index contributed by atoms with van der Waals surface area (Å²) in [5.41, 5.74) is 3.55. The summed E-state index contributed by atoms with van der Waals surface area (Å²) in [6.07, 6.45) is 2.29. The minimum Gasteiger partial charge on any atom is -0.493 e. The molecular formula is C19H22O2. The van der Waals surface area contributed by atoms with Crippen molar-refractivity contribution in [1.29, 1.82) is 0 Å². The Morgan fingerprint density at radius 2 is 1.90 bits per heavy atom. The van der Waals surface area contributed by atoms with Crippen LogP contribution in [0.4, 0.5) is 0 Å². The van der Waals surface area contributed by atoms with Crippen molar-refractivity contribution in [2.24, 2.45) is 0 Å². The van der Waals surface area contributed by atoms with E-state index in [0.29, 0.717) is 5.92 Å². The van der Waals surface area contributed by atoms with Crippen LogP contribution in [0.5, 0.6) is 5.75 Å². The number of hydrogen-bond acceptors (Lipinski definition) is 2. The standard InChI is InChI=1S/C19H22O2/c1-2-14-7-3-4-8-16(14)18(20)13-15-11-12-21-19-10-6-5-9-17(15)19/h3-10,15,18,20H,2,11-13H2,1H3. The molecule has 2 aromatic carbocycles. The fourth-order valence-electron chi connectivity index (χ4n) is 3.24. The highest BCUT2D eigenvalue weighted by atomic mass is 16.5. The van der Waals surface area contributed by atoms with Gasteiger partial charge in [-0.25, -0.2) is 0 Å². The molecule has 0 amide bonds. The lowest BCUT2D eigenvalue weighted by Crippen LogP contribution is -2.17. The zero-order valence-corrected chi connectivity index (χ0v) is 12.5. The van der Waals surface area contributed by atoms with Crippen molar-refractivity contribution < 1.29 is 9.84 Å². The number of aliphatic hydroxyl groups is 1. The first-order valence-electron chi connectivity index (χ1n) is 7.77. The van der Waals surface area contributed by atoms with Gasteiger partial charge in [0.25, 0.3) is 0 Å². The van der Waals surface area contributed by atoms with Crippen LogP contribution in [-0.2, 0) is 6.42 Å². The van der Waals surface area contributed by atoms with Gasteiger partial charge in [0.05, 0.1) is 12.7 Å². The van der Waals surface area contributed by atoms with Crippen molar-refractivity contribution in [3.05, 3.63) is 65.2 Å². The fraction of sp³-hybridized carbons (Fsp3) is 0.368. The zero-order valence-electron chi connectivity index (χ0n) is 12.5. The van der Waals surface area contributed by atoms with Gasteiger partial charge in [-0.1, -0.05) is 49.4 Å². The molecule has 1 heterocycles. The Bertz CT molecular complexity index is 606. The minimum atomic E-state index is -0.405. The number of aliphatic hydroxyl groups excluding tert-OH is 1. The fourth-order valence-corrected chi connectivity index (χ4v) is 3.24. The largest absolute Gasteiger partial charge is 0.493 e. The molecule has 3 rings (SSSR count). The summed E-state index contributed by atoms with van der Waals surface area (Å²) < 4.78 is 5.70. The van der Waals surface area contributed by atoms with Crippen molar-refractivity contribution in [3.63, 3.8) is 0 Å². The van der Waals surface area contributed by atoms with E-state index in [2.05, 4.69) is 25.1 Å². The van der Waals surface area contributed by atoms with E-state index in [1.807, 2.05) is 30.3 Å². The molecule has 21 heavy (non-hydrogen) atoms. The second-order valence-electron chi connectivity index (χ2n) is 5.68. The third-order valence-electron chi connectivity index (χ3n) is 4.39. The van der Waals surface area contributed by atoms with E-state index in [1.54, 1.807) is 0 Å². The van der Waals surface area contributed by atoms with Crippen LogP contribution in [0.15, 0.2) is 48.5 Å². The van der Waals surface area contributed by atoms with E-state index in [9.17, 15) is 5.11 Å². The van der Waals surface area contributed by atoms with Crippen molar-refractivity contribution >= 4 is 0 Å². The van der Waals surface area contributed by atoms with E-state index < -0.39 is 6.10 Å². The summed E-state index contributed by atoms with van der Waals surface area (Å²) >= 11 is 0. The monoisotopic (exact) mass is 282 g/mol. The second kappa shape index (κ2) is 6.31. The summed E-state index contributed by atoms with van der Waals surface area (Å²) in [6, 6.07) is 16.4. The molecule has 2 aromatic rings. The Morgan fingerprint density at radius 3 is 2.76 bits per heavy atom. The minimum absolute atomic E-state index is 0.370. The molecule has 0 saturated carbocycles. The molecule has 0 radical (unpaired) electrons. The Labute approximate surface area is 126 Å². The molecular weight excluding hydrogens is 260 g/mol. The molecule has 0 bridgehead atoms. The number of rotatable bonds is 4. The maximum absolute atomic E-state index is 10.7. The molecule has 0 aromatic heterocycles. The molecule has 1 aliphatic rings. The average molecular weight is 282 g/mol. The van der Waals surface area contributed by atoms with Gasteiger partial charge in [0.2, 0.25) is 0 Å². The van der Waals surface area contributed by atoms with Gasteiger partial charge in [-0.3, -0.25) is 0 Å². The summed E-state index contributed by atoms with van der Waals surface area (Å²) in [6.45, 7) is 2.87. The molecule has 1 N–H and O–H groups in total. The Morgan fingerprint density at radius 1 is 1.14 bits per heavy atom. The maximum Gasteiger partial charge on any atom is 0.122 e. The van der Waals surface area contributed by atoms with Crippen LogP contribution < -0.4 is 4.74 Å². The highest BCUT2D eigenvalue weighted by Crippen LogP contribution is 2.39. The quantitative estimate of drug-likeness (QED) is 0.909. The van der Waals surface area contributed by atoms with Gasteiger partial charge in [0.1, 0.15) is 5.75 Å². The Balaban J connectivity index is 1.81. The number of hydrogen-bond donors (Lipinski definition) is 1. The number of benzene rings is 2. The topological polar surface area (TPSA) is 29.5 Å². The lowest BCUT2D eigenvalue weighted by Gasteiger charge is -2.28. The first-order valence-corrected chi connectivity index (χ1v) is 7.77. The van der Waals surface area contributed by atoms with Crippen LogP contribution in [-0.4, -0.2) is 11.7 Å². The highest BCUT2D eigenvalue weighted by molar-refractivity contribution is 5.38. The van der Waals surface area contributed by atoms with E-state index >= 15 is 0 Å². The van der Waals surface area contributed by atoms with Gasteiger partial charge in [-0.05, 0) is 47.9 Å². The maximum atomic E-state index is 10.7. The van der Waals surface area contributed by atoms with Crippen molar-refractivity contribution in [1.82, 2.24) is 0 Å². The van der Waals surface area contributed by atoms with Gasteiger partial charge < -0.3 is 9.84 Å². The molecule has 0 aliphatic carbocycles. The summed E-state index contributed by atoms with van der Waals surface area (Å²) in [5, 5.41) is 10.7. The van der Waals surface area contributed by atoms with Crippen LogP contribution >= 0.6 is 0 Å². The number of ether oxygens (including phenoxy) is 1. The molecule has 2 heteroatoms. The van der Waals surface area contributed by atoms with Crippen molar-refractivity contribution in [2.45, 2.75) is 38.2 Å². The first-order chi connectivity index (χ1) is 10.3. The molecule has 2 atom stereocenters. The Kier molecular flexibility index (Phi) is 4.26.